The summed E-state index contributed by atoms with van der Waals surface area (Å²) in [5.41, 5.74) is 2.36. The molecule has 1 amide bonds. The van der Waals surface area contributed by atoms with Crippen molar-refractivity contribution in [3.8, 4) is 17.0 Å². The zero-order chi connectivity index (χ0) is 20.4. The first kappa shape index (κ1) is 18.8. The molecule has 0 saturated heterocycles. The van der Waals surface area contributed by atoms with Gasteiger partial charge >= 0.3 is 0 Å². The second kappa shape index (κ2) is 7.80. The third-order valence-corrected chi connectivity index (χ3v) is 5.22. The number of nitrogens with zero attached hydrogens (tertiary/aromatic N) is 4. The second-order valence-corrected chi connectivity index (χ2v) is 7.05. The van der Waals surface area contributed by atoms with Crippen molar-refractivity contribution in [2.45, 2.75) is 13.5 Å². The Morgan fingerprint density at radius 2 is 1.90 bits per heavy atom. The summed E-state index contributed by atoms with van der Waals surface area (Å²) < 4.78 is 11.3. The normalized spacial score (nSPS) is 10.8. The van der Waals surface area contributed by atoms with E-state index < -0.39 is 0 Å². The van der Waals surface area contributed by atoms with Gasteiger partial charge in [0.2, 0.25) is 5.91 Å². The number of hydrogen-bond donors (Lipinski definition) is 1. The Bertz CT molecular complexity index is 1230. The number of nitrogens with one attached hydrogen (secondary N) is 1. The highest BCUT2D eigenvalue weighted by Gasteiger charge is 2.18. The summed E-state index contributed by atoms with van der Waals surface area (Å²) in [6.45, 7) is 1.57. The summed E-state index contributed by atoms with van der Waals surface area (Å²) in [4.78, 5) is 34.0. The minimum atomic E-state index is -0.319. The number of benzene rings is 1. The molecule has 0 aliphatic carbocycles. The maximum absolute atomic E-state index is 12.9. The van der Waals surface area contributed by atoms with E-state index in [1.54, 1.807) is 50.7 Å². The summed E-state index contributed by atoms with van der Waals surface area (Å²) in [6, 6.07) is 10.6. The van der Waals surface area contributed by atoms with Crippen LogP contribution in [0.3, 0.4) is 0 Å². The third-order valence-electron chi connectivity index (χ3n) is 4.40. The number of methoxy groups -OCH3 is 1. The van der Waals surface area contributed by atoms with E-state index in [2.05, 4.69) is 19.7 Å². The summed E-state index contributed by atoms with van der Waals surface area (Å²) in [5.74, 6) is 0.822. The van der Waals surface area contributed by atoms with Crippen LogP contribution >= 0.6 is 11.5 Å². The maximum atomic E-state index is 12.9. The smallest absolute Gasteiger partial charge is 0.273 e. The predicted molar refractivity (Wildman–Crippen MR) is 111 cm³/mol. The van der Waals surface area contributed by atoms with Gasteiger partial charge in [-0.15, -0.1) is 0 Å². The average Bonchev–Trinajstić information content (AvgIpc) is 3.16. The fourth-order valence-corrected chi connectivity index (χ4v) is 3.72. The van der Waals surface area contributed by atoms with E-state index in [0.717, 1.165) is 17.1 Å². The number of carbonyl (C=O) groups is 1. The van der Waals surface area contributed by atoms with Crippen LogP contribution in [0.5, 0.6) is 5.75 Å². The number of fused-ring (bicyclic) bond motifs is 1. The molecule has 0 fully saturated rings. The minimum absolute atomic E-state index is 0.137. The first-order chi connectivity index (χ1) is 14.1. The molecule has 1 aromatic carbocycles. The van der Waals surface area contributed by atoms with E-state index in [-0.39, 0.29) is 18.0 Å². The lowest BCUT2D eigenvalue weighted by Crippen LogP contribution is -2.29. The molecule has 0 atom stereocenters. The number of pyridine rings is 1. The van der Waals surface area contributed by atoms with Gasteiger partial charge in [-0.25, -0.2) is 4.98 Å². The van der Waals surface area contributed by atoms with E-state index in [0.29, 0.717) is 33.2 Å². The van der Waals surface area contributed by atoms with Crippen LogP contribution in [-0.4, -0.2) is 31.9 Å². The van der Waals surface area contributed by atoms with Gasteiger partial charge in [0, 0.05) is 23.6 Å². The first-order valence-electron chi connectivity index (χ1n) is 8.78. The molecule has 0 spiro atoms. The Kier molecular flexibility index (Phi) is 5.05. The molecule has 146 valence electrons. The van der Waals surface area contributed by atoms with Gasteiger partial charge in [0.15, 0.2) is 0 Å². The number of aromatic nitrogens is 4. The zero-order valence-electron chi connectivity index (χ0n) is 15.7. The molecule has 0 aliphatic rings. The van der Waals surface area contributed by atoms with Crippen LogP contribution < -0.4 is 15.6 Å². The highest BCUT2D eigenvalue weighted by atomic mass is 32.1. The topological polar surface area (TPSA) is 99.0 Å². The summed E-state index contributed by atoms with van der Waals surface area (Å²) in [6.07, 6.45) is 3.33. The van der Waals surface area contributed by atoms with Crippen LogP contribution in [0.4, 0.5) is 5.69 Å². The minimum Gasteiger partial charge on any atom is -0.497 e. The van der Waals surface area contributed by atoms with Crippen molar-refractivity contribution in [2.24, 2.45) is 0 Å². The molecule has 1 N–H and O–H groups in total. The third kappa shape index (κ3) is 3.72. The van der Waals surface area contributed by atoms with Gasteiger partial charge in [0.05, 0.1) is 7.11 Å². The van der Waals surface area contributed by atoms with Gasteiger partial charge in [-0.05, 0) is 54.9 Å². The molecule has 0 saturated carbocycles. The first-order valence-corrected chi connectivity index (χ1v) is 9.55. The zero-order valence-corrected chi connectivity index (χ0v) is 16.6. The van der Waals surface area contributed by atoms with Crippen molar-refractivity contribution in [1.82, 2.24) is 18.9 Å². The Morgan fingerprint density at radius 3 is 2.59 bits per heavy atom. The van der Waals surface area contributed by atoms with Crippen LogP contribution in [0.15, 0.2) is 53.6 Å². The lowest BCUT2D eigenvalue weighted by atomic mass is 10.2. The number of amides is 1. The van der Waals surface area contributed by atoms with Crippen molar-refractivity contribution >= 4 is 33.3 Å². The van der Waals surface area contributed by atoms with Crippen molar-refractivity contribution < 1.29 is 9.53 Å². The van der Waals surface area contributed by atoms with E-state index in [4.69, 9.17) is 4.74 Å². The highest BCUT2D eigenvalue weighted by molar-refractivity contribution is 7.13. The fraction of sp³-hybridized carbons (Fsp3) is 0.150. The summed E-state index contributed by atoms with van der Waals surface area (Å²) >= 11 is 1.08. The Hall–Kier alpha value is -3.59. The summed E-state index contributed by atoms with van der Waals surface area (Å²) in [7, 11) is 1.57. The van der Waals surface area contributed by atoms with Crippen molar-refractivity contribution in [2.75, 3.05) is 12.4 Å². The molecule has 4 aromatic rings. The van der Waals surface area contributed by atoms with Gasteiger partial charge in [-0.1, -0.05) is 0 Å². The number of aryl methyl sites for hydroxylation is 1. The molecule has 4 rings (SSSR count). The predicted octanol–water partition coefficient (Wildman–Crippen LogP) is 2.87. The monoisotopic (exact) mass is 407 g/mol. The average molecular weight is 407 g/mol. The second-order valence-electron chi connectivity index (χ2n) is 6.27. The van der Waals surface area contributed by atoms with Gasteiger partial charge in [-0.2, -0.15) is 4.37 Å². The van der Waals surface area contributed by atoms with E-state index in [1.165, 1.54) is 4.57 Å². The lowest BCUT2D eigenvalue weighted by Gasteiger charge is -2.10. The number of anilines is 1. The molecule has 29 heavy (non-hydrogen) atoms. The largest absolute Gasteiger partial charge is 0.497 e. The number of ether oxygens (including phenoxy) is 1. The summed E-state index contributed by atoms with van der Waals surface area (Å²) in [5, 5.41) is 2.77. The van der Waals surface area contributed by atoms with Gasteiger partial charge in [-0.3, -0.25) is 19.1 Å². The van der Waals surface area contributed by atoms with Crippen LogP contribution in [0.25, 0.3) is 21.5 Å². The SMILES string of the molecule is COc1ccc(NC(=O)Cn2c(C)nc3c(-c4ccncc4)nsc3c2=O)cc1. The highest BCUT2D eigenvalue weighted by Crippen LogP contribution is 2.27. The van der Waals surface area contributed by atoms with Crippen LogP contribution in [0, 0.1) is 6.92 Å². The molecule has 9 heteroatoms. The lowest BCUT2D eigenvalue weighted by molar-refractivity contribution is -0.116. The Morgan fingerprint density at radius 1 is 1.17 bits per heavy atom. The maximum Gasteiger partial charge on any atom is 0.273 e. The van der Waals surface area contributed by atoms with E-state index >= 15 is 0 Å². The van der Waals surface area contributed by atoms with Gasteiger partial charge in [0.25, 0.3) is 5.56 Å². The number of hydrogen-bond acceptors (Lipinski definition) is 7. The molecule has 0 unspecified atom stereocenters. The van der Waals surface area contributed by atoms with Gasteiger partial charge in [0.1, 0.15) is 34.0 Å². The van der Waals surface area contributed by atoms with Crippen LogP contribution in [0.2, 0.25) is 0 Å². The molecule has 8 nitrogen and oxygen atoms in total. The number of carbonyl (C=O) groups excluding carboxylic acids is 1. The molecule has 3 aromatic heterocycles. The molecular weight excluding hydrogens is 390 g/mol. The van der Waals surface area contributed by atoms with E-state index in [9.17, 15) is 9.59 Å². The number of rotatable bonds is 5. The van der Waals surface area contributed by atoms with Crippen molar-refractivity contribution in [1.29, 1.82) is 0 Å². The van der Waals surface area contributed by atoms with Crippen LogP contribution in [-0.2, 0) is 11.3 Å². The van der Waals surface area contributed by atoms with Crippen molar-refractivity contribution in [3.05, 3.63) is 65.0 Å². The molecule has 0 aliphatic heterocycles. The standard InChI is InChI=1S/C20H17N5O3S/c1-12-22-18-17(13-7-9-21-10-8-13)24-29-19(18)20(27)25(12)11-16(26)23-14-3-5-15(28-2)6-4-14/h3-10H,11H2,1-2H3,(H,23,26). The van der Waals surface area contributed by atoms with Crippen molar-refractivity contribution in [3.63, 3.8) is 0 Å². The fourth-order valence-electron chi connectivity index (χ4n) is 2.92. The molecule has 3 heterocycles. The van der Waals surface area contributed by atoms with Gasteiger partial charge < -0.3 is 10.1 Å². The Balaban J connectivity index is 1.62. The van der Waals surface area contributed by atoms with Crippen LogP contribution in [0.1, 0.15) is 5.82 Å². The van der Waals surface area contributed by atoms with E-state index in [1.807, 2.05) is 12.1 Å². The molecule has 0 radical (unpaired) electrons. The Labute approximate surface area is 170 Å². The molecular formula is C20H17N5O3S. The quantitative estimate of drug-likeness (QED) is 0.546. The molecule has 0 bridgehead atoms.